The van der Waals surface area contributed by atoms with Crippen LogP contribution < -0.4 is 15.0 Å². The zero-order valence-electron chi connectivity index (χ0n) is 17.0. The molecule has 0 saturated carbocycles. The largest absolute Gasteiger partial charge is 0.489 e. The number of carbonyl (C=O) groups excluding carboxylic acids is 2. The summed E-state index contributed by atoms with van der Waals surface area (Å²) in [6.45, 7) is 6.33. The van der Waals surface area contributed by atoms with E-state index in [1.54, 1.807) is 4.90 Å². The summed E-state index contributed by atoms with van der Waals surface area (Å²) in [5.74, 6) is 0.481. The average Bonchev–Trinajstić information content (AvgIpc) is 2.67. The van der Waals surface area contributed by atoms with Crippen molar-refractivity contribution >= 4 is 17.5 Å². The summed E-state index contributed by atoms with van der Waals surface area (Å²) in [6, 6.07) is 17.6. The minimum absolute atomic E-state index is 0.00266. The number of rotatable bonds is 10. The highest BCUT2D eigenvalue weighted by atomic mass is 16.5. The van der Waals surface area contributed by atoms with Crippen molar-refractivity contribution in [1.82, 2.24) is 5.32 Å². The van der Waals surface area contributed by atoms with Crippen molar-refractivity contribution in [2.75, 3.05) is 18.0 Å². The van der Waals surface area contributed by atoms with Crippen LogP contribution in [0.4, 0.5) is 5.69 Å². The van der Waals surface area contributed by atoms with Crippen LogP contribution in [0.15, 0.2) is 54.6 Å². The third kappa shape index (κ3) is 7.06. The molecule has 0 aliphatic rings. The van der Waals surface area contributed by atoms with E-state index in [4.69, 9.17) is 4.74 Å². The van der Waals surface area contributed by atoms with Gasteiger partial charge in [0, 0.05) is 26.4 Å². The number of ether oxygens (including phenoxy) is 1. The lowest BCUT2D eigenvalue weighted by atomic mass is 10.1. The second-order valence-corrected chi connectivity index (χ2v) is 6.99. The van der Waals surface area contributed by atoms with Gasteiger partial charge in [0.1, 0.15) is 5.75 Å². The minimum Gasteiger partial charge on any atom is -0.489 e. The van der Waals surface area contributed by atoms with Crippen molar-refractivity contribution in [3.8, 4) is 5.75 Å². The first kappa shape index (κ1) is 21.5. The Morgan fingerprint density at radius 2 is 1.71 bits per heavy atom. The number of para-hydroxylation sites is 2. The van der Waals surface area contributed by atoms with E-state index in [1.165, 1.54) is 12.5 Å². The van der Waals surface area contributed by atoms with Crippen LogP contribution in [0.25, 0.3) is 0 Å². The van der Waals surface area contributed by atoms with Crippen LogP contribution in [0.2, 0.25) is 0 Å². The molecule has 0 aliphatic carbocycles. The van der Waals surface area contributed by atoms with Crippen molar-refractivity contribution in [2.24, 2.45) is 0 Å². The maximum absolute atomic E-state index is 12.2. The zero-order chi connectivity index (χ0) is 20.4. The fraction of sp³-hybridized carbons (Fsp3) is 0.391. The average molecular weight is 383 g/mol. The summed E-state index contributed by atoms with van der Waals surface area (Å²) in [5.41, 5.74) is 1.96. The molecule has 2 aromatic rings. The predicted molar refractivity (Wildman–Crippen MR) is 113 cm³/mol. The molecular formula is C23H30N2O3. The van der Waals surface area contributed by atoms with Crippen LogP contribution in [0.5, 0.6) is 5.75 Å². The molecule has 28 heavy (non-hydrogen) atoms. The van der Waals surface area contributed by atoms with Crippen molar-refractivity contribution in [2.45, 2.75) is 46.1 Å². The molecule has 0 saturated heterocycles. The Kier molecular flexibility index (Phi) is 8.53. The smallest absolute Gasteiger partial charge is 0.223 e. The van der Waals surface area contributed by atoms with Gasteiger partial charge in [-0.05, 0) is 44.4 Å². The van der Waals surface area contributed by atoms with Crippen LogP contribution in [-0.4, -0.2) is 31.0 Å². The van der Waals surface area contributed by atoms with E-state index in [9.17, 15) is 9.59 Å². The Hall–Kier alpha value is -2.82. The summed E-state index contributed by atoms with van der Waals surface area (Å²) in [7, 11) is 0. The van der Waals surface area contributed by atoms with E-state index < -0.39 is 0 Å². The van der Waals surface area contributed by atoms with Crippen molar-refractivity contribution in [3.63, 3.8) is 0 Å². The molecule has 0 spiro atoms. The van der Waals surface area contributed by atoms with Gasteiger partial charge in [-0.2, -0.15) is 0 Å². The summed E-state index contributed by atoms with van der Waals surface area (Å²) in [4.78, 5) is 25.9. The van der Waals surface area contributed by atoms with Crippen molar-refractivity contribution < 1.29 is 14.3 Å². The molecule has 0 radical (unpaired) electrons. The van der Waals surface area contributed by atoms with E-state index in [2.05, 4.69) is 17.4 Å². The van der Waals surface area contributed by atoms with Gasteiger partial charge < -0.3 is 15.0 Å². The molecule has 0 atom stereocenters. The van der Waals surface area contributed by atoms with E-state index in [-0.39, 0.29) is 24.3 Å². The number of benzene rings is 2. The van der Waals surface area contributed by atoms with Gasteiger partial charge in [0.15, 0.2) is 0 Å². The summed E-state index contributed by atoms with van der Waals surface area (Å²) < 4.78 is 5.81. The summed E-state index contributed by atoms with van der Waals surface area (Å²) >= 11 is 0. The van der Waals surface area contributed by atoms with Crippen LogP contribution in [0, 0.1) is 0 Å². The SMILES string of the molecule is CC(=O)N(CCC(=O)NCCCc1ccccc1)c1ccccc1OC(C)C. The Labute approximate surface area is 167 Å². The fourth-order valence-corrected chi connectivity index (χ4v) is 2.95. The van der Waals surface area contributed by atoms with Crippen molar-refractivity contribution in [3.05, 3.63) is 60.2 Å². The van der Waals surface area contributed by atoms with E-state index in [0.717, 1.165) is 12.8 Å². The molecule has 0 bridgehead atoms. The quantitative estimate of drug-likeness (QED) is 0.633. The lowest BCUT2D eigenvalue weighted by molar-refractivity contribution is -0.121. The monoisotopic (exact) mass is 382 g/mol. The maximum Gasteiger partial charge on any atom is 0.223 e. The molecule has 0 aromatic heterocycles. The number of hydrogen-bond acceptors (Lipinski definition) is 3. The van der Waals surface area contributed by atoms with Gasteiger partial charge >= 0.3 is 0 Å². The third-order valence-corrected chi connectivity index (χ3v) is 4.27. The van der Waals surface area contributed by atoms with Gasteiger partial charge in [0.25, 0.3) is 0 Å². The normalized spacial score (nSPS) is 10.6. The molecule has 2 amide bonds. The van der Waals surface area contributed by atoms with E-state index >= 15 is 0 Å². The fourth-order valence-electron chi connectivity index (χ4n) is 2.95. The number of hydrogen-bond donors (Lipinski definition) is 1. The van der Waals surface area contributed by atoms with E-state index in [0.29, 0.717) is 24.5 Å². The molecule has 0 unspecified atom stereocenters. The minimum atomic E-state index is -0.114. The van der Waals surface area contributed by atoms with Crippen LogP contribution >= 0.6 is 0 Å². The highest BCUT2D eigenvalue weighted by Gasteiger charge is 2.17. The molecule has 0 fully saturated rings. The highest BCUT2D eigenvalue weighted by molar-refractivity contribution is 5.93. The Balaban J connectivity index is 1.84. The molecule has 1 N–H and O–H groups in total. The predicted octanol–water partition coefficient (Wildman–Crippen LogP) is 3.97. The molecule has 150 valence electrons. The van der Waals surface area contributed by atoms with Crippen LogP contribution in [0.1, 0.15) is 39.2 Å². The van der Waals surface area contributed by atoms with Gasteiger partial charge in [-0.15, -0.1) is 0 Å². The van der Waals surface area contributed by atoms with Crippen LogP contribution in [-0.2, 0) is 16.0 Å². The van der Waals surface area contributed by atoms with Gasteiger partial charge in [-0.3, -0.25) is 9.59 Å². The van der Waals surface area contributed by atoms with Gasteiger partial charge in [-0.25, -0.2) is 0 Å². The molecular weight excluding hydrogens is 352 g/mol. The second-order valence-electron chi connectivity index (χ2n) is 6.99. The lowest BCUT2D eigenvalue weighted by Crippen LogP contribution is -2.34. The maximum atomic E-state index is 12.2. The zero-order valence-corrected chi connectivity index (χ0v) is 17.0. The summed E-state index contributed by atoms with van der Waals surface area (Å²) in [6.07, 6.45) is 2.07. The number of nitrogens with zero attached hydrogens (tertiary/aromatic N) is 1. The van der Waals surface area contributed by atoms with Crippen LogP contribution in [0.3, 0.4) is 0 Å². The highest BCUT2D eigenvalue weighted by Crippen LogP contribution is 2.29. The summed E-state index contributed by atoms with van der Waals surface area (Å²) in [5, 5.41) is 2.94. The first-order valence-electron chi connectivity index (χ1n) is 9.81. The first-order chi connectivity index (χ1) is 13.5. The topological polar surface area (TPSA) is 58.6 Å². The van der Waals surface area contributed by atoms with Gasteiger partial charge in [-0.1, -0.05) is 42.5 Å². The standard InChI is InChI=1S/C23H30N2O3/c1-18(2)28-22-14-8-7-13-21(22)25(19(3)26)17-15-23(27)24-16-9-12-20-10-5-4-6-11-20/h4-8,10-11,13-14,18H,9,12,15-17H2,1-3H3,(H,24,27). The molecule has 5 nitrogen and oxygen atoms in total. The number of nitrogens with one attached hydrogen (secondary N) is 1. The van der Waals surface area contributed by atoms with Crippen molar-refractivity contribution in [1.29, 1.82) is 0 Å². The molecule has 0 heterocycles. The number of carbonyl (C=O) groups is 2. The third-order valence-electron chi connectivity index (χ3n) is 4.27. The molecule has 5 heteroatoms. The Morgan fingerprint density at radius 1 is 1.04 bits per heavy atom. The molecule has 2 rings (SSSR count). The van der Waals surface area contributed by atoms with Gasteiger partial charge in [0.2, 0.25) is 11.8 Å². The number of anilines is 1. The molecule has 2 aromatic carbocycles. The second kappa shape index (κ2) is 11.1. The Morgan fingerprint density at radius 3 is 2.39 bits per heavy atom. The lowest BCUT2D eigenvalue weighted by Gasteiger charge is -2.24. The first-order valence-corrected chi connectivity index (χ1v) is 9.81. The van der Waals surface area contributed by atoms with Gasteiger partial charge in [0.05, 0.1) is 11.8 Å². The number of aryl methyl sites for hydroxylation is 1. The Bertz CT molecular complexity index is 759. The number of amides is 2. The van der Waals surface area contributed by atoms with E-state index in [1.807, 2.05) is 56.3 Å². The molecule has 0 aliphatic heterocycles.